The maximum absolute atomic E-state index is 5.43. The summed E-state index contributed by atoms with van der Waals surface area (Å²) in [6.45, 7) is 2.05. The molecule has 0 amide bonds. The first-order valence-electron chi connectivity index (χ1n) is 2.38. The van der Waals surface area contributed by atoms with Gasteiger partial charge < -0.3 is 4.65 Å². The lowest BCUT2D eigenvalue weighted by atomic mass is 11.9. The Labute approximate surface area is 67.6 Å². The van der Waals surface area contributed by atoms with Gasteiger partial charge in [0.25, 0.3) is 0 Å². The third kappa shape index (κ3) is 194. The molecule has 0 heterocycles. The molecule has 0 radical (unpaired) electrons. The van der Waals surface area contributed by atoms with Crippen LogP contribution in [0.4, 0.5) is 0 Å². The van der Waals surface area contributed by atoms with Crippen LogP contribution in [0.1, 0.15) is 0 Å². The van der Waals surface area contributed by atoms with Crippen LogP contribution in [-0.4, -0.2) is 27.5 Å². The summed E-state index contributed by atoms with van der Waals surface area (Å²) in [5, 5.41) is 0. The minimum absolute atomic E-state index is 1.18. The van der Waals surface area contributed by atoms with E-state index in [0.717, 1.165) is 0 Å². The maximum atomic E-state index is 5.43. The van der Waals surface area contributed by atoms with E-state index in [4.69, 9.17) is 22.2 Å². The van der Waals surface area contributed by atoms with E-state index >= 15 is 0 Å². The molecule has 0 rings (SSSR count). The zero-order valence-electron chi connectivity index (χ0n) is 5.76. The Morgan fingerprint density at radius 3 is 1.25 bits per heavy atom. The van der Waals surface area contributed by atoms with E-state index in [0.29, 0.717) is 0 Å². The molecule has 52 valence electrons. The van der Waals surface area contributed by atoms with Crippen molar-refractivity contribution in [1.82, 2.24) is 4.65 Å². The molecule has 8 heavy (non-hydrogen) atoms. The Morgan fingerprint density at radius 2 is 1.25 bits per heavy atom. The van der Waals surface area contributed by atoms with E-state index in [1.165, 1.54) is 20.8 Å². The maximum Gasteiger partial charge on any atom is 0.245 e. The van der Waals surface area contributed by atoms with Gasteiger partial charge in [-0.3, -0.25) is 0 Å². The Balaban J connectivity index is 0. The van der Waals surface area contributed by atoms with Gasteiger partial charge in [-0.05, 0) is 13.1 Å². The van der Waals surface area contributed by atoms with Crippen LogP contribution in [0.15, 0.2) is 0 Å². The van der Waals surface area contributed by atoms with Crippen molar-refractivity contribution in [2.75, 3.05) is 0 Å². The second-order valence-electron chi connectivity index (χ2n) is 1.83. The first kappa shape index (κ1) is 11.9. The number of halogens is 2. The lowest BCUT2D eigenvalue weighted by Crippen LogP contribution is -2.02. The second-order valence-corrected chi connectivity index (χ2v) is 14.7. The van der Waals surface area contributed by atoms with E-state index in [-0.39, 0.29) is 0 Å². The molecular formula is C2H13Cl2NSi3. The van der Waals surface area contributed by atoms with Gasteiger partial charge in [0.1, 0.15) is 0 Å². The van der Waals surface area contributed by atoms with Crippen molar-refractivity contribution >= 4 is 49.7 Å². The average Bonchev–Trinajstić information content (AvgIpc) is 1.27. The molecule has 6 heteroatoms. The molecule has 0 aliphatic rings. The van der Waals surface area contributed by atoms with Crippen molar-refractivity contribution in [3.63, 3.8) is 0 Å². The van der Waals surface area contributed by atoms with Gasteiger partial charge in [0, 0.05) is 0 Å². The first-order chi connectivity index (χ1) is 3.41. The van der Waals surface area contributed by atoms with Gasteiger partial charge in [-0.15, -0.1) is 22.2 Å². The van der Waals surface area contributed by atoms with Gasteiger partial charge in [-0.2, -0.15) is 0 Å². The fraction of sp³-hybridized carbons (Fsp3) is 1.00. The highest BCUT2D eigenvalue weighted by molar-refractivity contribution is 7.44. The normalized spacial score (nSPS) is 10.5. The molecule has 0 aromatic carbocycles. The molecule has 1 nitrogen and oxygen atoms in total. The van der Waals surface area contributed by atoms with Crippen LogP contribution in [0.3, 0.4) is 0 Å². The molecule has 0 aromatic heterocycles. The first-order valence-corrected chi connectivity index (χ1v) is 9.40. The Kier molecular flexibility index (Phi) is 9.41. The third-order valence-electron chi connectivity index (χ3n) is 0. The molecule has 0 unspecified atom stereocenters. The van der Waals surface area contributed by atoms with E-state index in [2.05, 4.69) is 4.65 Å². The van der Waals surface area contributed by atoms with Crippen molar-refractivity contribution in [3.05, 3.63) is 0 Å². The summed E-state index contributed by atoms with van der Waals surface area (Å²) < 4.78 is 3.03. The number of hydrogen-bond donors (Lipinski definition) is 1. The van der Waals surface area contributed by atoms with Crippen LogP contribution in [0.2, 0.25) is 13.1 Å². The van der Waals surface area contributed by atoms with E-state index in [1.54, 1.807) is 0 Å². The average molecular weight is 206 g/mol. The van der Waals surface area contributed by atoms with Gasteiger partial charge in [-0.25, -0.2) is 0 Å². The molecule has 0 aliphatic carbocycles. The lowest BCUT2D eigenvalue weighted by Gasteiger charge is -1.93. The fourth-order valence-electron chi connectivity index (χ4n) is 0. The molecule has 0 spiro atoms. The van der Waals surface area contributed by atoms with Crippen LogP contribution >= 0.6 is 22.2 Å². The highest BCUT2D eigenvalue weighted by Crippen LogP contribution is 2.10. The Hall–Kier alpha value is 1.19. The number of nitrogens with one attached hydrogen (secondary N) is 1. The standard InChI is InChI=1S/C2H6Cl2Si.H7NSi2/c1-5(2,3)4;2-1-3/h1-2H3;1H,2-3H3. The van der Waals surface area contributed by atoms with E-state index in [9.17, 15) is 0 Å². The summed E-state index contributed by atoms with van der Waals surface area (Å²) in [5.74, 6) is 0. The summed E-state index contributed by atoms with van der Waals surface area (Å²) in [6.07, 6.45) is 0. The van der Waals surface area contributed by atoms with Crippen molar-refractivity contribution in [1.29, 1.82) is 0 Å². The molecule has 0 bridgehead atoms. The highest BCUT2D eigenvalue weighted by Gasteiger charge is 2.08. The molecule has 0 saturated carbocycles. The van der Waals surface area contributed by atoms with Crippen molar-refractivity contribution < 1.29 is 0 Å². The van der Waals surface area contributed by atoms with Gasteiger partial charge in [0.15, 0.2) is 0 Å². The molecule has 0 saturated heterocycles. The highest BCUT2D eigenvalue weighted by atomic mass is 35.7. The van der Waals surface area contributed by atoms with Gasteiger partial charge in [0.05, 0.1) is 20.8 Å². The van der Waals surface area contributed by atoms with Crippen LogP contribution in [0.5, 0.6) is 0 Å². The summed E-state index contributed by atoms with van der Waals surface area (Å²) in [4.78, 5) is 0. The second kappa shape index (κ2) is 6.31. The molecule has 0 fully saturated rings. The Morgan fingerprint density at radius 1 is 1.25 bits per heavy atom. The van der Waals surface area contributed by atoms with Crippen molar-refractivity contribution in [2.24, 2.45) is 0 Å². The van der Waals surface area contributed by atoms with Crippen molar-refractivity contribution in [3.8, 4) is 0 Å². The predicted molar refractivity (Wildman–Crippen MR) is 52.2 cm³/mol. The van der Waals surface area contributed by atoms with E-state index in [1.807, 2.05) is 13.1 Å². The predicted octanol–water partition coefficient (Wildman–Crippen LogP) is -0.697. The Bertz CT molecular complexity index is 39.0. The van der Waals surface area contributed by atoms with Crippen LogP contribution in [0.25, 0.3) is 0 Å². The zero-order valence-corrected chi connectivity index (χ0v) is 12.3. The molecule has 0 aromatic rings. The minimum atomic E-state index is -1.67. The van der Waals surface area contributed by atoms with Crippen molar-refractivity contribution in [2.45, 2.75) is 13.1 Å². The summed E-state index contributed by atoms with van der Waals surface area (Å²) in [5.41, 5.74) is 0. The topological polar surface area (TPSA) is 12.0 Å². The number of rotatable bonds is 0. The summed E-state index contributed by atoms with van der Waals surface area (Å²) >= 11 is 10.9. The molecule has 0 aliphatic heterocycles. The number of hydrogen-bond acceptors (Lipinski definition) is 1. The molecular weight excluding hydrogens is 193 g/mol. The van der Waals surface area contributed by atoms with Crippen LogP contribution in [0, 0.1) is 0 Å². The fourth-order valence-corrected chi connectivity index (χ4v) is 0. The van der Waals surface area contributed by atoms with Gasteiger partial charge >= 0.3 is 0 Å². The van der Waals surface area contributed by atoms with Crippen LogP contribution in [-0.2, 0) is 0 Å². The smallest absolute Gasteiger partial charge is 0.245 e. The summed E-state index contributed by atoms with van der Waals surface area (Å²) in [7, 11) is 2.36. The van der Waals surface area contributed by atoms with Crippen LogP contribution < -0.4 is 4.65 Å². The largest absolute Gasteiger partial charge is 0.374 e. The summed E-state index contributed by atoms with van der Waals surface area (Å²) in [6, 6.07) is 0. The van der Waals surface area contributed by atoms with E-state index < -0.39 is 6.69 Å². The lowest BCUT2D eigenvalue weighted by molar-refractivity contribution is 1.68. The van der Waals surface area contributed by atoms with Gasteiger partial charge in [-0.1, -0.05) is 0 Å². The third-order valence-corrected chi connectivity index (χ3v) is 0. The monoisotopic (exact) mass is 205 g/mol. The zero-order chi connectivity index (χ0) is 7.21. The molecule has 0 atom stereocenters. The SMILES string of the molecule is C[Si](C)(Cl)Cl.[SiH3]N[SiH3]. The van der Waals surface area contributed by atoms with Gasteiger partial charge in [0.2, 0.25) is 6.69 Å². The minimum Gasteiger partial charge on any atom is -0.374 e. The quantitative estimate of drug-likeness (QED) is 0.408. The molecule has 1 N–H and O–H groups in total.